The SMILES string of the molecule is CCNCc1nc(OC2CCC(C)(C)CC2)ccc1Cl. The first kappa shape index (κ1) is 15.6. The Morgan fingerprint density at radius 2 is 2.05 bits per heavy atom. The van der Waals surface area contributed by atoms with Crippen LogP contribution in [0.25, 0.3) is 0 Å². The van der Waals surface area contributed by atoms with Crippen molar-refractivity contribution in [3.63, 3.8) is 0 Å². The van der Waals surface area contributed by atoms with E-state index in [1.165, 1.54) is 12.8 Å². The second-order valence-corrected chi connectivity index (χ2v) is 6.75. The van der Waals surface area contributed by atoms with Gasteiger partial charge in [0.2, 0.25) is 5.88 Å². The highest BCUT2D eigenvalue weighted by Gasteiger charge is 2.28. The van der Waals surface area contributed by atoms with Gasteiger partial charge in [-0.2, -0.15) is 0 Å². The molecule has 0 atom stereocenters. The van der Waals surface area contributed by atoms with Crippen molar-refractivity contribution in [2.75, 3.05) is 6.54 Å². The van der Waals surface area contributed by atoms with Gasteiger partial charge in [-0.15, -0.1) is 0 Å². The molecule has 1 N–H and O–H groups in total. The van der Waals surface area contributed by atoms with Gasteiger partial charge >= 0.3 is 0 Å². The summed E-state index contributed by atoms with van der Waals surface area (Å²) in [7, 11) is 0. The van der Waals surface area contributed by atoms with E-state index in [1.807, 2.05) is 12.1 Å². The van der Waals surface area contributed by atoms with E-state index in [1.54, 1.807) is 0 Å². The third-order valence-electron chi connectivity index (χ3n) is 4.01. The average molecular weight is 297 g/mol. The summed E-state index contributed by atoms with van der Waals surface area (Å²) in [6, 6.07) is 3.75. The molecule has 0 saturated heterocycles. The highest BCUT2D eigenvalue weighted by molar-refractivity contribution is 6.31. The smallest absolute Gasteiger partial charge is 0.213 e. The number of pyridine rings is 1. The standard InChI is InChI=1S/C16H25ClN2O/c1-4-18-11-14-13(17)5-6-15(19-14)20-12-7-9-16(2,3)10-8-12/h5-6,12,18H,4,7-11H2,1-3H3. The minimum absolute atomic E-state index is 0.295. The molecule has 1 saturated carbocycles. The fraction of sp³-hybridized carbons (Fsp3) is 0.688. The van der Waals surface area contributed by atoms with Gasteiger partial charge in [0.1, 0.15) is 6.10 Å². The van der Waals surface area contributed by atoms with Gasteiger partial charge in [-0.1, -0.05) is 32.4 Å². The first-order valence-corrected chi connectivity index (χ1v) is 7.91. The molecule has 3 nitrogen and oxygen atoms in total. The molecule has 0 aliphatic heterocycles. The average Bonchev–Trinajstić information content (AvgIpc) is 2.42. The summed E-state index contributed by atoms with van der Waals surface area (Å²) in [4.78, 5) is 4.52. The van der Waals surface area contributed by atoms with Crippen LogP contribution in [-0.4, -0.2) is 17.6 Å². The molecule has 1 heterocycles. The minimum Gasteiger partial charge on any atom is -0.474 e. The van der Waals surface area contributed by atoms with E-state index in [4.69, 9.17) is 16.3 Å². The maximum absolute atomic E-state index is 6.15. The summed E-state index contributed by atoms with van der Waals surface area (Å²) >= 11 is 6.15. The summed E-state index contributed by atoms with van der Waals surface area (Å²) in [5, 5.41) is 3.94. The molecular formula is C16H25ClN2O. The van der Waals surface area contributed by atoms with E-state index in [2.05, 4.69) is 31.1 Å². The van der Waals surface area contributed by atoms with Crippen LogP contribution in [0.1, 0.15) is 52.1 Å². The Morgan fingerprint density at radius 1 is 1.35 bits per heavy atom. The topological polar surface area (TPSA) is 34.2 Å². The molecule has 0 bridgehead atoms. The summed E-state index contributed by atoms with van der Waals surface area (Å²) < 4.78 is 6.03. The molecule has 0 radical (unpaired) electrons. The van der Waals surface area contributed by atoms with Crippen molar-refractivity contribution >= 4 is 11.6 Å². The Hall–Kier alpha value is -0.800. The fourth-order valence-corrected chi connectivity index (χ4v) is 2.73. The van der Waals surface area contributed by atoms with Gasteiger partial charge in [0.15, 0.2) is 0 Å². The summed E-state index contributed by atoms with van der Waals surface area (Å²) in [6.07, 6.45) is 4.95. The van der Waals surface area contributed by atoms with Gasteiger partial charge < -0.3 is 10.1 Å². The Labute approximate surface area is 127 Å². The highest BCUT2D eigenvalue weighted by Crippen LogP contribution is 2.36. The van der Waals surface area contributed by atoms with Crippen molar-refractivity contribution in [2.24, 2.45) is 5.41 Å². The van der Waals surface area contributed by atoms with Gasteiger partial charge in [-0.3, -0.25) is 0 Å². The molecule has 0 amide bonds. The third-order valence-corrected chi connectivity index (χ3v) is 4.35. The number of ether oxygens (including phenoxy) is 1. The van der Waals surface area contributed by atoms with E-state index in [0.29, 0.717) is 29.0 Å². The van der Waals surface area contributed by atoms with Gasteiger partial charge in [0.25, 0.3) is 0 Å². The van der Waals surface area contributed by atoms with Gasteiger partial charge in [0, 0.05) is 12.6 Å². The summed E-state index contributed by atoms with van der Waals surface area (Å²) in [5.41, 5.74) is 1.32. The Bertz CT molecular complexity index is 438. The van der Waals surface area contributed by atoms with Crippen molar-refractivity contribution in [3.8, 4) is 5.88 Å². The number of hydrogen-bond donors (Lipinski definition) is 1. The number of rotatable bonds is 5. The second-order valence-electron chi connectivity index (χ2n) is 6.34. The Morgan fingerprint density at radius 3 is 2.70 bits per heavy atom. The largest absolute Gasteiger partial charge is 0.474 e. The third kappa shape index (κ3) is 4.35. The first-order chi connectivity index (χ1) is 9.50. The number of aromatic nitrogens is 1. The van der Waals surface area contributed by atoms with Crippen molar-refractivity contribution in [1.82, 2.24) is 10.3 Å². The van der Waals surface area contributed by atoms with E-state index in [0.717, 1.165) is 25.1 Å². The number of hydrogen-bond acceptors (Lipinski definition) is 3. The molecule has 1 fully saturated rings. The molecule has 1 aromatic rings. The lowest BCUT2D eigenvalue weighted by Gasteiger charge is -2.34. The lowest BCUT2D eigenvalue weighted by molar-refractivity contribution is 0.0947. The summed E-state index contributed by atoms with van der Waals surface area (Å²) in [6.45, 7) is 8.32. The van der Waals surface area contributed by atoms with Crippen LogP contribution in [0, 0.1) is 5.41 Å². The molecule has 112 valence electrons. The van der Waals surface area contributed by atoms with Crippen LogP contribution in [0.2, 0.25) is 5.02 Å². The van der Waals surface area contributed by atoms with Crippen LogP contribution < -0.4 is 10.1 Å². The van der Waals surface area contributed by atoms with Gasteiger partial charge in [0.05, 0.1) is 10.7 Å². The van der Waals surface area contributed by atoms with Crippen molar-refractivity contribution in [3.05, 3.63) is 22.8 Å². The molecule has 1 aliphatic carbocycles. The Balaban J connectivity index is 1.96. The van der Waals surface area contributed by atoms with E-state index >= 15 is 0 Å². The van der Waals surface area contributed by atoms with Crippen molar-refractivity contribution in [2.45, 2.75) is 59.1 Å². The van der Waals surface area contributed by atoms with Gasteiger partial charge in [-0.05, 0) is 43.7 Å². The first-order valence-electron chi connectivity index (χ1n) is 7.53. The zero-order valence-corrected chi connectivity index (χ0v) is 13.5. The molecule has 0 unspecified atom stereocenters. The fourth-order valence-electron chi connectivity index (χ4n) is 2.56. The molecule has 1 aromatic heterocycles. The predicted molar refractivity (Wildman–Crippen MR) is 83.3 cm³/mol. The van der Waals surface area contributed by atoms with Crippen molar-refractivity contribution < 1.29 is 4.74 Å². The minimum atomic E-state index is 0.295. The molecule has 1 aliphatic rings. The van der Waals surface area contributed by atoms with Crippen LogP contribution in [0.15, 0.2) is 12.1 Å². The summed E-state index contributed by atoms with van der Waals surface area (Å²) in [5.74, 6) is 0.701. The second kappa shape index (κ2) is 6.77. The number of nitrogens with zero attached hydrogens (tertiary/aromatic N) is 1. The van der Waals surface area contributed by atoms with Crippen LogP contribution in [0.4, 0.5) is 0 Å². The van der Waals surface area contributed by atoms with Crippen LogP contribution in [-0.2, 0) is 6.54 Å². The van der Waals surface area contributed by atoms with Gasteiger partial charge in [-0.25, -0.2) is 4.98 Å². The van der Waals surface area contributed by atoms with E-state index in [-0.39, 0.29) is 0 Å². The normalized spacial score (nSPS) is 19.0. The Kier molecular flexibility index (Phi) is 5.28. The van der Waals surface area contributed by atoms with Crippen LogP contribution >= 0.6 is 11.6 Å². The quantitative estimate of drug-likeness (QED) is 0.884. The highest BCUT2D eigenvalue weighted by atomic mass is 35.5. The molecule has 0 spiro atoms. The molecule has 0 aromatic carbocycles. The molecular weight excluding hydrogens is 272 g/mol. The maximum atomic E-state index is 6.15. The lowest BCUT2D eigenvalue weighted by Crippen LogP contribution is -2.28. The van der Waals surface area contributed by atoms with Crippen LogP contribution in [0.5, 0.6) is 5.88 Å². The maximum Gasteiger partial charge on any atom is 0.213 e. The molecule has 4 heteroatoms. The molecule has 20 heavy (non-hydrogen) atoms. The van der Waals surface area contributed by atoms with E-state index < -0.39 is 0 Å². The van der Waals surface area contributed by atoms with Crippen LogP contribution in [0.3, 0.4) is 0 Å². The lowest BCUT2D eigenvalue weighted by atomic mass is 9.76. The zero-order chi connectivity index (χ0) is 14.6. The molecule has 2 rings (SSSR count). The van der Waals surface area contributed by atoms with Crippen molar-refractivity contribution in [1.29, 1.82) is 0 Å². The number of nitrogens with one attached hydrogen (secondary N) is 1. The predicted octanol–water partition coefficient (Wildman–Crippen LogP) is 4.19. The number of halogens is 1. The van der Waals surface area contributed by atoms with E-state index in [9.17, 15) is 0 Å². The zero-order valence-electron chi connectivity index (χ0n) is 12.7. The monoisotopic (exact) mass is 296 g/mol.